The molecule has 0 aromatic carbocycles. The molecule has 5 nitrogen and oxygen atoms in total. The lowest BCUT2D eigenvalue weighted by atomic mass is 10.3. The fraction of sp³-hybridized carbons (Fsp3) is 0.571. The SMILES string of the molecule is CCN(CC)CCCNCc1cnc2cnc(Br)cn12. The second-order valence-electron chi connectivity index (χ2n) is 4.74. The number of fused-ring (bicyclic) bond motifs is 1. The van der Waals surface area contributed by atoms with Crippen LogP contribution in [0, 0.1) is 0 Å². The fourth-order valence-corrected chi connectivity index (χ4v) is 2.54. The van der Waals surface area contributed by atoms with Gasteiger partial charge < -0.3 is 10.2 Å². The van der Waals surface area contributed by atoms with Gasteiger partial charge in [-0.3, -0.25) is 4.40 Å². The Bertz CT molecular complexity index is 535. The molecule has 6 heteroatoms. The van der Waals surface area contributed by atoms with Crippen molar-refractivity contribution < 1.29 is 0 Å². The molecule has 1 N–H and O–H groups in total. The van der Waals surface area contributed by atoms with E-state index in [1.165, 1.54) is 6.42 Å². The first kappa shape index (κ1) is 15.4. The lowest BCUT2D eigenvalue weighted by molar-refractivity contribution is 0.298. The van der Waals surface area contributed by atoms with E-state index in [2.05, 4.69) is 54.4 Å². The third kappa shape index (κ3) is 4.01. The topological polar surface area (TPSA) is 45.5 Å². The quantitative estimate of drug-likeness (QED) is 0.749. The van der Waals surface area contributed by atoms with Crippen molar-refractivity contribution in [1.29, 1.82) is 0 Å². The predicted molar refractivity (Wildman–Crippen MR) is 84.8 cm³/mol. The van der Waals surface area contributed by atoms with Gasteiger partial charge in [0.1, 0.15) is 4.60 Å². The first-order chi connectivity index (χ1) is 9.74. The number of rotatable bonds is 8. The highest BCUT2D eigenvalue weighted by molar-refractivity contribution is 9.10. The second kappa shape index (κ2) is 7.71. The van der Waals surface area contributed by atoms with Gasteiger partial charge in [0, 0.05) is 12.7 Å². The number of hydrogen-bond donors (Lipinski definition) is 1. The normalized spacial score (nSPS) is 11.6. The van der Waals surface area contributed by atoms with E-state index in [0.717, 1.165) is 48.7 Å². The summed E-state index contributed by atoms with van der Waals surface area (Å²) in [6, 6.07) is 0. The van der Waals surface area contributed by atoms with Crippen LogP contribution in [-0.4, -0.2) is 45.4 Å². The lowest BCUT2D eigenvalue weighted by Crippen LogP contribution is -2.27. The summed E-state index contributed by atoms with van der Waals surface area (Å²) in [5.74, 6) is 0. The summed E-state index contributed by atoms with van der Waals surface area (Å²) in [5.41, 5.74) is 2.04. The monoisotopic (exact) mass is 339 g/mol. The van der Waals surface area contributed by atoms with Gasteiger partial charge in [-0.05, 0) is 48.5 Å². The Balaban J connectivity index is 1.80. The highest BCUT2D eigenvalue weighted by Gasteiger charge is 2.04. The first-order valence-electron chi connectivity index (χ1n) is 7.15. The summed E-state index contributed by atoms with van der Waals surface area (Å²) in [7, 11) is 0. The molecular formula is C14H22BrN5. The van der Waals surface area contributed by atoms with Crippen molar-refractivity contribution in [2.45, 2.75) is 26.8 Å². The van der Waals surface area contributed by atoms with Crippen molar-refractivity contribution >= 4 is 21.6 Å². The molecule has 110 valence electrons. The molecule has 0 atom stereocenters. The fourth-order valence-electron chi connectivity index (χ4n) is 2.23. The molecule has 0 amide bonds. The molecule has 0 saturated heterocycles. The average molecular weight is 340 g/mol. The van der Waals surface area contributed by atoms with E-state index in [4.69, 9.17) is 0 Å². The predicted octanol–water partition coefficient (Wildman–Crippen LogP) is 2.31. The van der Waals surface area contributed by atoms with E-state index in [0.29, 0.717) is 0 Å². The maximum absolute atomic E-state index is 4.34. The molecule has 0 spiro atoms. The molecule has 0 aliphatic carbocycles. The molecule has 0 fully saturated rings. The molecule has 0 radical (unpaired) electrons. The standard InChI is InChI=1S/C14H22BrN5/c1-3-19(4-2)7-5-6-16-8-12-9-18-14-10-17-13(15)11-20(12)14/h9-11,16H,3-8H2,1-2H3. The number of imidazole rings is 1. The Kier molecular flexibility index (Phi) is 5.94. The van der Waals surface area contributed by atoms with E-state index < -0.39 is 0 Å². The van der Waals surface area contributed by atoms with Crippen LogP contribution in [0.1, 0.15) is 26.0 Å². The van der Waals surface area contributed by atoms with Gasteiger partial charge >= 0.3 is 0 Å². The van der Waals surface area contributed by atoms with Crippen molar-refractivity contribution in [1.82, 2.24) is 24.6 Å². The largest absolute Gasteiger partial charge is 0.311 e. The Hall–Kier alpha value is -0.980. The molecule has 0 saturated carbocycles. The van der Waals surface area contributed by atoms with Gasteiger partial charge in [0.15, 0.2) is 5.65 Å². The Labute approximate surface area is 128 Å². The van der Waals surface area contributed by atoms with Crippen molar-refractivity contribution in [3.63, 3.8) is 0 Å². The molecule has 0 aliphatic rings. The molecule has 20 heavy (non-hydrogen) atoms. The van der Waals surface area contributed by atoms with Crippen LogP contribution < -0.4 is 5.32 Å². The minimum atomic E-state index is 0.825. The summed E-state index contributed by atoms with van der Waals surface area (Å²) in [4.78, 5) is 11.0. The summed E-state index contributed by atoms with van der Waals surface area (Å²) in [6.07, 6.45) is 6.80. The van der Waals surface area contributed by atoms with Crippen LogP contribution in [0.4, 0.5) is 0 Å². The van der Waals surface area contributed by atoms with Gasteiger partial charge in [0.25, 0.3) is 0 Å². The van der Waals surface area contributed by atoms with Crippen LogP contribution in [0.25, 0.3) is 5.65 Å². The van der Waals surface area contributed by atoms with Crippen molar-refractivity contribution in [3.8, 4) is 0 Å². The van der Waals surface area contributed by atoms with Crippen LogP contribution in [0.3, 0.4) is 0 Å². The van der Waals surface area contributed by atoms with Gasteiger partial charge in [0.2, 0.25) is 0 Å². The van der Waals surface area contributed by atoms with Gasteiger partial charge in [0.05, 0.1) is 18.1 Å². The van der Waals surface area contributed by atoms with Gasteiger partial charge in [-0.25, -0.2) is 9.97 Å². The molecule has 2 aromatic heterocycles. The van der Waals surface area contributed by atoms with E-state index in [9.17, 15) is 0 Å². The van der Waals surface area contributed by atoms with Crippen LogP contribution in [0.15, 0.2) is 23.2 Å². The zero-order chi connectivity index (χ0) is 14.4. The summed E-state index contributed by atoms with van der Waals surface area (Å²) < 4.78 is 2.89. The molecule has 2 rings (SSSR count). The summed E-state index contributed by atoms with van der Waals surface area (Å²) in [6.45, 7) is 9.69. The average Bonchev–Trinajstić information content (AvgIpc) is 2.85. The van der Waals surface area contributed by atoms with Gasteiger partial charge in [-0.15, -0.1) is 0 Å². The van der Waals surface area contributed by atoms with Crippen LogP contribution >= 0.6 is 15.9 Å². The second-order valence-corrected chi connectivity index (χ2v) is 5.56. The maximum Gasteiger partial charge on any atom is 0.155 e. The summed E-state index contributed by atoms with van der Waals surface area (Å²) in [5, 5.41) is 3.48. The number of halogens is 1. The molecule has 2 heterocycles. The number of nitrogens with one attached hydrogen (secondary N) is 1. The number of hydrogen-bond acceptors (Lipinski definition) is 4. The highest BCUT2D eigenvalue weighted by Crippen LogP contribution is 2.10. The third-order valence-corrected chi connectivity index (χ3v) is 3.88. The van der Waals surface area contributed by atoms with Gasteiger partial charge in [-0.1, -0.05) is 13.8 Å². The van der Waals surface area contributed by atoms with E-state index in [1.54, 1.807) is 6.20 Å². The molecule has 0 aliphatic heterocycles. The molecular weight excluding hydrogens is 318 g/mol. The number of aromatic nitrogens is 3. The van der Waals surface area contributed by atoms with Crippen molar-refractivity contribution in [3.05, 3.63) is 28.9 Å². The van der Waals surface area contributed by atoms with E-state index >= 15 is 0 Å². The molecule has 0 unspecified atom stereocenters. The molecule has 0 bridgehead atoms. The number of nitrogens with zero attached hydrogens (tertiary/aromatic N) is 4. The van der Waals surface area contributed by atoms with Crippen LogP contribution in [-0.2, 0) is 6.54 Å². The molecule has 2 aromatic rings. The van der Waals surface area contributed by atoms with Crippen molar-refractivity contribution in [2.75, 3.05) is 26.2 Å². The highest BCUT2D eigenvalue weighted by atomic mass is 79.9. The van der Waals surface area contributed by atoms with E-state index in [-0.39, 0.29) is 0 Å². The van der Waals surface area contributed by atoms with Crippen molar-refractivity contribution in [2.24, 2.45) is 0 Å². The van der Waals surface area contributed by atoms with Crippen LogP contribution in [0.5, 0.6) is 0 Å². The minimum Gasteiger partial charge on any atom is -0.311 e. The zero-order valence-electron chi connectivity index (χ0n) is 12.1. The minimum absolute atomic E-state index is 0.825. The third-order valence-electron chi connectivity index (χ3n) is 3.47. The first-order valence-corrected chi connectivity index (χ1v) is 7.94. The Morgan fingerprint density at radius 3 is 2.80 bits per heavy atom. The zero-order valence-corrected chi connectivity index (χ0v) is 13.7. The van der Waals surface area contributed by atoms with Gasteiger partial charge in [-0.2, -0.15) is 0 Å². The maximum atomic E-state index is 4.34. The van der Waals surface area contributed by atoms with E-state index in [1.807, 2.05) is 12.4 Å². The Morgan fingerprint density at radius 2 is 2.05 bits per heavy atom. The Morgan fingerprint density at radius 1 is 1.25 bits per heavy atom. The van der Waals surface area contributed by atoms with Crippen LogP contribution in [0.2, 0.25) is 0 Å². The smallest absolute Gasteiger partial charge is 0.155 e. The summed E-state index contributed by atoms with van der Waals surface area (Å²) >= 11 is 3.39. The lowest BCUT2D eigenvalue weighted by Gasteiger charge is -2.17.